The van der Waals surface area contributed by atoms with Gasteiger partial charge in [-0.15, -0.1) is 5.10 Å². The number of nitrogens with one attached hydrogen (secondary N) is 1. The van der Waals surface area contributed by atoms with Gasteiger partial charge in [0.1, 0.15) is 18.1 Å². The Bertz CT molecular complexity index is 1470. The molecule has 0 saturated carbocycles. The molecule has 2 amide bonds. The van der Waals surface area contributed by atoms with Crippen LogP contribution in [-0.2, 0) is 16.1 Å². The average Bonchev–Trinajstić information content (AvgIpc) is 3.30. The quantitative estimate of drug-likeness (QED) is 0.333. The van der Waals surface area contributed by atoms with E-state index in [0.29, 0.717) is 34.9 Å². The summed E-state index contributed by atoms with van der Waals surface area (Å²) in [4.78, 5) is 29.8. The zero-order chi connectivity index (χ0) is 28.2. The first kappa shape index (κ1) is 27.6. The highest BCUT2D eigenvalue weighted by Crippen LogP contribution is 2.36. The van der Waals surface area contributed by atoms with E-state index in [1.165, 1.54) is 0 Å². The average molecular weight is 530 g/mol. The topological polar surface area (TPSA) is 98.6 Å². The summed E-state index contributed by atoms with van der Waals surface area (Å²) in [6.45, 7) is 9.87. The number of hydrogen-bond acceptors (Lipinski definition) is 6. The number of nitrogens with zero attached hydrogens (tertiary/aromatic N) is 4. The molecule has 1 heterocycles. The summed E-state index contributed by atoms with van der Waals surface area (Å²) >= 11 is 0. The lowest BCUT2D eigenvalue weighted by Gasteiger charge is -2.34. The SMILES string of the molecule is CCOc1ccc([C@@H](C(=O)NC(C)(C)C)N(C(=O)Cn2nnc3ccccc32)c2ccccc2C)cc1OC. The van der Waals surface area contributed by atoms with Crippen molar-refractivity contribution in [2.24, 2.45) is 0 Å². The van der Waals surface area contributed by atoms with E-state index in [0.717, 1.165) is 11.1 Å². The number of amides is 2. The summed E-state index contributed by atoms with van der Waals surface area (Å²) in [5.41, 5.74) is 2.93. The van der Waals surface area contributed by atoms with Crippen molar-refractivity contribution < 1.29 is 19.1 Å². The maximum atomic E-state index is 14.2. The Hall–Kier alpha value is -4.40. The monoisotopic (exact) mass is 529 g/mol. The third-order valence-electron chi connectivity index (χ3n) is 6.16. The van der Waals surface area contributed by atoms with Gasteiger partial charge in [-0.3, -0.25) is 14.5 Å². The minimum Gasteiger partial charge on any atom is -0.493 e. The molecule has 204 valence electrons. The molecule has 1 atom stereocenters. The fourth-order valence-corrected chi connectivity index (χ4v) is 4.47. The third-order valence-corrected chi connectivity index (χ3v) is 6.16. The third kappa shape index (κ3) is 6.19. The number of rotatable bonds is 9. The first-order valence-corrected chi connectivity index (χ1v) is 12.9. The first-order valence-electron chi connectivity index (χ1n) is 12.9. The van der Waals surface area contributed by atoms with Crippen molar-refractivity contribution in [1.82, 2.24) is 20.3 Å². The normalized spacial score (nSPS) is 12.2. The van der Waals surface area contributed by atoms with Crippen LogP contribution in [0.3, 0.4) is 0 Å². The van der Waals surface area contributed by atoms with Crippen LogP contribution in [0.5, 0.6) is 11.5 Å². The van der Waals surface area contributed by atoms with Gasteiger partial charge in [0.15, 0.2) is 11.5 Å². The molecule has 4 rings (SSSR count). The number of methoxy groups -OCH3 is 1. The molecular weight excluding hydrogens is 494 g/mol. The number of fused-ring (bicyclic) bond motifs is 1. The molecule has 9 nitrogen and oxygen atoms in total. The minimum absolute atomic E-state index is 0.109. The molecule has 9 heteroatoms. The van der Waals surface area contributed by atoms with Gasteiger partial charge in [0.25, 0.3) is 0 Å². The molecule has 3 aromatic carbocycles. The van der Waals surface area contributed by atoms with Crippen LogP contribution in [0.1, 0.15) is 44.9 Å². The molecular formula is C30H35N5O4. The Morgan fingerprint density at radius 3 is 2.44 bits per heavy atom. The molecule has 0 aliphatic carbocycles. The van der Waals surface area contributed by atoms with Crippen molar-refractivity contribution in [3.63, 3.8) is 0 Å². The maximum absolute atomic E-state index is 14.2. The summed E-state index contributed by atoms with van der Waals surface area (Å²) < 4.78 is 12.8. The van der Waals surface area contributed by atoms with Crippen LogP contribution in [0.4, 0.5) is 5.69 Å². The van der Waals surface area contributed by atoms with Crippen LogP contribution in [0.15, 0.2) is 66.7 Å². The Morgan fingerprint density at radius 2 is 1.74 bits per heavy atom. The molecule has 39 heavy (non-hydrogen) atoms. The molecule has 1 N–H and O–H groups in total. The molecule has 0 unspecified atom stereocenters. The van der Waals surface area contributed by atoms with Crippen molar-refractivity contribution in [3.8, 4) is 11.5 Å². The Balaban J connectivity index is 1.87. The standard InChI is InChI=1S/C30H35N5O4/c1-7-39-25-17-16-21(18-26(25)38-6)28(29(37)31-30(3,4)5)35(23-14-10-8-12-20(23)2)27(36)19-34-24-15-11-9-13-22(24)32-33-34/h8-18,28H,7,19H2,1-6H3,(H,31,37)/t28-/m0/s1. The van der Waals surface area contributed by atoms with E-state index in [4.69, 9.17) is 9.47 Å². The number of para-hydroxylation sites is 2. The van der Waals surface area contributed by atoms with Crippen LogP contribution >= 0.6 is 0 Å². The van der Waals surface area contributed by atoms with E-state index in [2.05, 4.69) is 15.6 Å². The van der Waals surface area contributed by atoms with Gasteiger partial charge in [-0.2, -0.15) is 0 Å². The van der Waals surface area contributed by atoms with Crippen molar-refractivity contribution in [2.75, 3.05) is 18.6 Å². The van der Waals surface area contributed by atoms with Gasteiger partial charge in [-0.05, 0) is 76.1 Å². The summed E-state index contributed by atoms with van der Waals surface area (Å²) in [6, 6.07) is 19.3. The summed E-state index contributed by atoms with van der Waals surface area (Å²) in [5, 5.41) is 11.5. The smallest absolute Gasteiger partial charge is 0.249 e. The molecule has 0 aliphatic heterocycles. The van der Waals surface area contributed by atoms with Gasteiger partial charge in [0, 0.05) is 11.2 Å². The van der Waals surface area contributed by atoms with Gasteiger partial charge in [0.2, 0.25) is 11.8 Å². The molecule has 0 spiro atoms. The van der Waals surface area contributed by atoms with E-state index < -0.39 is 11.6 Å². The van der Waals surface area contributed by atoms with Crippen molar-refractivity contribution in [1.29, 1.82) is 0 Å². The minimum atomic E-state index is -1.00. The second kappa shape index (κ2) is 11.6. The van der Waals surface area contributed by atoms with E-state index in [-0.39, 0.29) is 18.4 Å². The molecule has 0 fully saturated rings. The van der Waals surface area contributed by atoms with E-state index in [1.807, 2.05) is 83.1 Å². The van der Waals surface area contributed by atoms with Crippen molar-refractivity contribution in [2.45, 2.75) is 52.7 Å². The van der Waals surface area contributed by atoms with Crippen LogP contribution in [0.25, 0.3) is 11.0 Å². The summed E-state index contributed by atoms with van der Waals surface area (Å²) in [7, 11) is 1.55. The van der Waals surface area contributed by atoms with Gasteiger partial charge in [-0.25, -0.2) is 4.68 Å². The van der Waals surface area contributed by atoms with Gasteiger partial charge in [0.05, 0.1) is 19.2 Å². The van der Waals surface area contributed by atoms with Crippen LogP contribution in [0.2, 0.25) is 0 Å². The van der Waals surface area contributed by atoms with Gasteiger partial charge >= 0.3 is 0 Å². The number of hydrogen-bond donors (Lipinski definition) is 1. The molecule has 0 aliphatic rings. The second-order valence-corrected chi connectivity index (χ2v) is 10.3. The fraction of sp³-hybridized carbons (Fsp3) is 0.333. The van der Waals surface area contributed by atoms with Crippen molar-refractivity contribution in [3.05, 3.63) is 77.9 Å². The molecule has 4 aromatic rings. The van der Waals surface area contributed by atoms with Gasteiger partial charge in [-0.1, -0.05) is 41.6 Å². The van der Waals surface area contributed by atoms with Gasteiger partial charge < -0.3 is 14.8 Å². The predicted octanol–water partition coefficient (Wildman–Crippen LogP) is 4.84. The number of aromatic nitrogens is 3. The van der Waals surface area contributed by atoms with Crippen molar-refractivity contribution >= 4 is 28.5 Å². The lowest BCUT2D eigenvalue weighted by Crippen LogP contribution is -2.50. The Labute approximate surface area is 228 Å². The van der Waals surface area contributed by atoms with Crippen LogP contribution in [0, 0.1) is 6.92 Å². The highest BCUT2D eigenvalue weighted by molar-refractivity contribution is 6.02. The first-order chi connectivity index (χ1) is 18.6. The Morgan fingerprint density at radius 1 is 1.03 bits per heavy atom. The maximum Gasteiger partial charge on any atom is 0.249 e. The van der Waals surface area contributed by atoms with E-state index in [9.17, 15) is 9.59 Å². The van der Waals surface area contributed by atoms with E-state index >= 15 is 0 Å². The predicted molar refractivity (Wildman–Crippen MR) is 151 cm³/mol. The fourth-order valence-electron chi connectivity index (χ4n) is 4.47. The number of anilines is 1. The Kier molecular flexibility index (Phi) is 8.18. The lowest BCUT2D eigenvalue weighted by molar-refractivity contribution is -0.128. The van der Waals surface area contributed by atoms with E-state index in [1.54, 1.807) is 34.9 Å². The zero-order valence-electron chi connectivity index (χ0n) is 23.3. The molecule has 1 aromatic heterocycles. The highest BCUT2D eigenvalue weighted by atomic mass is 16.5. The lowest BCUT2D eigenvalue weighted by atomic mass is 9.99. The highest BCUT2D eigenvalue weighted by Gasteiger charge is 2.36. The number of ether oxygens (including phenoxy) is 2. The zero-order valence-corrected chi connectivity index (χ0v) is 23.3. The second-order valence-electron chi connectivity index (χ2n) is 10.3. The largest absolute Gasteiger partial charge is 0.493 e. The summed E-state index contributed by atoms with van der Waals surface area (Å²) in [6.07, 6.45) is 0. The number of carbonyl (C=O) groups is 2. The van der Waals surface area contributed by atoms with Crippen LogP contribution in [-0.4, -0.2) is 46.1 Å². The summed E-state index contributed by atoms with van der Waals surface area (Å²) in [5.74, 6) is 0.388. The molecule has 0 radical (unpaired) electrons. The molecule has 0 bridgehead atoms. The van der Waals surface area contributed by atoms with Crippen LogP contribution < -0.4 is 19.7 Å². The number of benzene rings is 3. The molecule has 0 saturated heterocycles. The number of aryl methyl sites for hydroxylation is 1. The number of carbonyl (C=O) groups excluding carboxylic acids is 2.